The fourth-order valence-corrected chi connectivity index (χ4v) is 1.50. The first-order valence-corrected chi connectivity index (χ1v) is 5.23. The second-order valence-electron chi connectivity index (χ2n) is 3.31. The van der Waals surface area contributed by atoms with Crippen LogP contribution < -0.4 is 0 Å². The van der Waals surface area contributed by atoms with Crippen LogP contribution in [-0.2, 0) is 4.79 Å². The molecule has 0 aliphatic rings. The number of hydrogen-bond acceptors (Lipinski definition) is 1. The lowest BCUT2D eigenvalue weighted by molar-refractivity contribution is -0.132. The number of carbonyl (C=O) groups is 1. The van der Waals surface area contributed by atoms with Gasteiger partial charge in [-0.1, -0.05) is 29.8 Å². The molecular weight excluding hydrogens is 247 g/mol. The predicted octanol–water partition coefficient (Wildman–Crippen LogP) is 4.04. The van der Waals surface area contributed by atoms with E-state index in [1.165, 1.54) is 6.08 Å². The third-order valence-corrected chi connectivity index (χ3v) is 2.53. The summed E-state index contributed by atoms with van der Waals surface area (Å²) in [5, 5.41) is 9.91. The van der Waals surface area contributed by atoms with Crippen molar-refractivity contribution < 1.29 is 9.90 Å². The fraction of sp³-hybridized carbons (Fsp3) is 0.0833. The van der Waals surface area contributed by atoms with Crippen molar-refractivity contribution in [1.29, 1.82) is 0 Å². The monoisotopic (exact) mass is 256 g/mol. The van der Waals surface area contributed by atoms with Crippen LogP contribution in [0.15, 0.2) is 35.9 Å². The molecule has 0 fully saturated rings. The molecule has 16 heavy (non-hydrogen) atoms. The van der Waals surface area contributed by atoms with E-state index in [1.54, 1.807) is 25.1 Å². The van der Waals surface area contributed by atoms with Gasteiger partial charge in [-0.15, -0.1) is 0 Å². The molecule has 1 rings (SSSR count). The first-order valence-electron chi connectivity index (χ1n) is 4.47. The Morgan fingerprint density at radius 1 is 1.44 bits per heavy atom. The van der Waals surface area contributed by atoms with E-state index in [-0.39, 0.29) is 5.57 Å². The number of benzene rings is 1. The number of halogens is 2. The van der Waals surface area contributed by atoms with Gasteiger partial charge in [-0.25, -0.2) is 4.79 Å². The summed E-state index contributed by atoms with van der Waals surface area (Å²) in [6.07, 6.45) is 1.46. The molecule has 1 aromatic rings. The standard InChI is InChI=1S/C12H10Cl2O2/c1-7(2)10(12(15)16)6-8-5-9(13)3-4-11(8)14/h3-6H,1H2,2H3,(H,15,16). The predicted molar refractivity (Wildman–Crippen MR) is 66.9 cm³/mol. The van der Waals surface area contributed by atoms with E-state index < -0.39 is 5.97 Å². The van der Waals surface area contributed by atoms with Gasteiger partial charge in [0.15, 0.2) is 0 Å². The second-order valence-corrected chi connectivity index (χ2v) is 4.15. The van der Waals surface area contributed by atoms with Crippen LogP contribution in [0, 0.1) is 0 Å². The van der Waals surface area contributed by atoms with E-state index in [0.29, 0.717) is 21.2 Å². The van der Waals surface area contributed by atoms with E-state index in [1.807, 2.05) is 0 Å². The van der Waals surface area contributed by atoms with E-state index in [9.17, 15) is 4.79 Å². The number of rotatable bonds is 3. The molecule has 1 aromatic carbocycles. The van der Waals surface area contributed by atoms with Crippen molar-refractivity contribution in [2.24, 2.45) is 0 Å². The molecule has 0 bridgehead atoms. The summed E-state index contributed by atoms with van der Waals surface area (Å²) in [6, 6.07) is 4.87. The molecule has 0 heterocycles. The Kier molecular flexibility index (Phi) is 4.16. The summed E-state index contributed by atoms with van der Waals surface area (Å²) < 4.78 is 0. The first-order chi connectivity index (χ1) is 7.41. The highest BCUT2D eigenvalue weighted by molar-refractivity contribution is 6.34. The van der Waals surface area contributed by atoms with Crippen LogP contribution in [0.4, 0.5) is 0 Å². The molecule has 4 heteroatoms. The highest BCUT2D eigenvalue weighted by Crippen LogP contribution is 2.24. The van der Waals surface area contributed by atoms with E-state index >= 15 is 0 Å². The highest BCUT2D eigenvalue weighted by atomic mass is 35.5. The van der Waals surface area contributed by atoms with E-state index in [0.717, 1.165) is 0 Å². The molecule has 2 nitrogen and oxygen atoms in total. The third-order valence-electron chi connectivity index (χ3n) is 1.95. The number of carboxylic acid groups (broad SMARTS) is 1. The lowest BCUT2D eigenvalue weighted by Crippen LogP contribution is -2.00. The van der Waals surface area contributed by atoms with Crippen molar-refractivity contribution in [2.45, 2.75) is 6.92 Å². The Morgan fingerprint density at radius 2 is 2.06 bits per heavy atom. The van der Waals surface area contributed by atoms with Gasteiger partial charge in [0, 0.05) is 10.0 Å². The van der Waals surface area contributed by atoms with Gasteiger partial charge in [0.2, 0.25) is 0 Å². The number of aliphatic carboxylic acids is 1. The van der Waals surface area contributed by atoms with Crippen LogP contribution in [0.2, 0.25) is 10.0 Å². The van der Waals surface area contributed by atoms with Gasteiger partial charge >= 0.3 is 5.97 Å². The molecule has 0 radical (unpaired) electrons. The Morgan fingerprint density at radius 3 is 2.56 bits per heavy atom. The van der Waals surface area contributed by atoms with E-state index in [4.69, 9.17) is 28.3 Å². The van der Waals surface area contributed by atoms with Crippen molar-refractivity contribution >= 4 is 35.2 Å². The number of hydrogen-bond donors (Lipinski definition) is 1. The Bertz CT molecular complexity index is 460. The van der Waals surface area contributed by atoms with Gasteiger partial charge in [0.05, 0.1) is 5.57 Å². The second kappa shape index (κ2) is 5.19. The van der Waals surface area contributed by atoms with Gasteiger partial charge in [-0.05, 0) is 42.3 Å². The Hall–Kier alpha value is -1.25. The average molecular weight is 257 g/mol. The minimum Gasteiger partial charge on any atom is -0.478 e. The quantitative estimate of drug-likeness (QED) is 0.655. The molecule has 0 atom stereocenters. The third kappa shape index (κ3) is 3.12. The molecule has 0 saturated heterocycles. The normalized spacial score (nSPS) is 11.3. The summed E-state index contributed by atoms with van der Waals surface area (Å²) in [6.45, 7) is 5.22. The smallest absolute Gasteiger partial charge is 0.335 e. The summed E-state index contributed by atoms with van der Waals surface area (Å²) in [7, 11) is 0. The van der Waals surface area contributed by atoms with E-state index in [2.05, 4.69) is 6.58 Å². The van der Waals surface area contributed by atoms with Crippen molar-refractivity contribution in [2.75, 3.05) is 0 Å². The first kappa shape index (κ1) is 12.8. The summed E-state index contributed by atoms with van der Waals surface area (Å²) >= 11 is 11.7. The van der Waals surface area contributed by atoms with Gasteiger partial charge in [-0.2, -0.15) is 0 Å². The number of carboxylic acids is 1. The molecule has 0 saturated carbocycles. The zero-order valence-corrected chi connectivity index (χ0v) is 10.1. The molecule has 0 spiro atoms. The van der Waals surface area contributed by atoms with Gasteiger partial charge in [0.1, 0.15) is 0 Å². The summed E-state index contributed by atoms with van der Waals surface area (Å²) in [4.78, 5) is 10.9. The van der Waals surface area contributed by atoms with Crippen molar-refractivity contribution in [3.05, 3.63) is 51.5 Å². The molecule has 0 aromatic heterocycles. The van der Waals surface area contributed by atoms with Crippen LogP contribution in [0.25, 0.3) is 6.08 Å². The maximum atomic E-state index is 10.9. The molecule has 1 N–H and O–H groups in total. The summed E-state index contributed by atoms with van der Waals surface area (Å²) in [5.74, 6) is -1.04. The average Bonchev–Trinajstić information content (AvgIpc) is 2.18. The molecule has 0 unspecified atom stereocenters. The zero-order chi connectivity index (χ0) is 12.3. The van der Waals surface area contributed by atoms with Gasteiger partial charge < -0.3 is 5.11 Å². The fourth-order valence-electron chi connectivity index (χ4n) is 1.15. The highest BCUT2D eigenvalue weighted by Gasteiger charge is 2.09. The molecule has 0 aliphatic heterocycles. The maximum Gasteiger partial charge on any atom is 0.335 e. The minimum atomic E-state index is -1.04. The SMILES string of the molecule is C=C(C)C(=Cc1cc(Cl)ccc1Cl)C(=O)O. The zero-order valence-electron chi connectivity index (χ0n) is 8.63. The summed E-state index contributed by atoms with van der Waals surface area (Å²) in [5.41, 5.74) is 1.14. The van der Waals surface area contributed by atoms with Crippen LogP contribution in [-0.4, -0.2) is 11.1 Å². The minimum absolute atomic E-state index is 0.115. The van der Waals surface area contributed by atoms with Crippen LogP contribution in [0.5, 0.6) is 0 Å². The van der Waals surface area contributed by atoms with Crippen molar-refractivity contribution in [3.8, 4) is 0 Å². The Balaban J connectivity index is 3.28. The maximum absolute atomic E-state index is 10.9. The lowest BCUT2D eigenvalue weighted by atomic mass is 10.1. The van der Waals surface area contributed by atoms with Gasteiger partial charge in [0.25, 0.3) is 0 Å². The Labute approximate surface area is 104 Å². The topological polar surface area (TPSA) is 37.3 Å². The van der Waals surface area contributed by atoms with Crippen molar-refractivity contribution in [1.82, 2.24) is 0 Å². The largest absolute Gasteiger partial charge is 0.478 e. The lowest BCUT2D eigenvalue weighted by Gasteiger charge is -2.03. The molecule has 0 amide bonds. The molecule has 0 aliphatic carbocycles. The van der Waals surface area contributed by atoms with Gasteiger partial charge in [-0.3, -0.25) is 0 Å². The molecular formula is C12H10Cl2O2. The van der Waals surface area contributed by atoms with Crippen LogP contribution in [0.1, 0.15) is 12.5 Å². The van der Waals surface area contributed by atoms with Crippen LogP contribution in [0.3, 0.4) is 0 Å². The van der Waals surface area contributed by atoms with Crippen LogP contribution >= 0.6 is 23.2 Å². The molecule has 84 valence electrons. The van der Waals surface area contributed by atoms with Crippen molar-refractivity contribution in [3.63, 3.8) is 0 Å².